The van der Waals surface area contributed by atoms with Gasteiger partial charge in [0.1, 0.15) is 22.3 Å². The molecule has 0 saturated carbocycles. The molecule has 0 saturated heterocycles. The molecule has 2 aromatic heterocycles. The van der Waals surface area contributed by atoms with Gasteiger partial charge in [-0.05, 0) is 147 Å². The molecule has 0 amide bonds. The van der Waals surface area contributed by atoms with Gasteiger partial charge in [-0.15, -0.1) is 0 Å². The molecule has 0 bridgehead atoms. The van der Waals surface area contributed by atoms with E-state index in [1.807, 2.05) is 12.2 Å². The summed E-state index contributed by atoms with van der Waals surface area (Å²) in [4.78, 5) is 0. The predicted molar refractivity (Wildman–Crippen MR) is 320 cm³/mol. The lowest BCUT2D eigenvalue weighted by Gasteiger charge is -2.20. The molecule has 2 heterocycles. The van der Waals surface area contributed by atoms with Gasteiger partial charge in [0.25, 0.3) is 0 Å². The van der Waals surface area contributed by atoms with Gasteiger partial charge in [0.2, 0.25) is 0 Å². The van der Waals surface area contributed by atoms with Crippen molar-refractivity contribution in [2.45, 2.75) is 6.92 Å². The van der Waals surface area contributed by atoms with Crippen molar-refractivity contribution in [3.63, 3.8) is 0 Å². The smallest absolute Gasteiger partial charge is 0.143 e. The third-order valence-electron chi connectivity index (χ3n) is 15.8. The molecule has 350 valence electrons. The summed E-state index contributed by atoms with van der Waals surface area (Å²) in [5.74, 6) is 0. The fraction of sp³-hybridized carbons (Fsp3) is 0.0137. The Kier molecular flexibility index (Phi) is 9.67. The molecule has 75 heavy (non-hydrogen) atoms. The second-order valence-corrected chi connectivity index (χ2v) is 19.8. The average Bonchev–Trinajstić information content (AvgIpc) is 4.07. The molecule has 0 unspecified atom stereocenters. The van der Waals surface area contributed by atoms with E-state index in [0.29, 0.717) is 0 Å². The van der Waals surface area contributed by atoms with E-state index in [-0.39, 0.29) is 0 Å². The zero-order chi connectivity index (χ0) is 49.7. The van der Waals surface area contributed by atoms with Gasteiger partial charge in [-0.3, -0.25) is 0 Å². The Labute approximate surface area is 433 Å². The van der Waals surface area contributed by atoms with E-state index in [9.17, 15) is 0 Å². The van der Waals surface area contributed by atoms with Crippen LogP contribution in [0.1, 0.15) is 11.1 Å². The van der Waals surface area contributed by atoms with Gasteiger partial charge in [0.15, 0.2) is 0 Å². The van der Waals surface area contributed by atoms with Crippen molar-refractivity contribution in [3.8, 4) is 55.6 Å². The van der Waals surface area contributed by atoms with E-state index in [1.54, 1.807) is 0 Å². The number of hydrogen-bond donors (Lipinski definition) is 0. The van der Waals surface area contributed by atoms with Crippen molar-refractivity contribution in [2.24, 2.45) is 0 Å². The summed E-state index contributed by atoms with van der Waals surface area (Å²) in [6, 6.07) is 84.3. The number of rotatable bonds is 7. The minimum Gasteiger partial charge on any atom is -0.456 e. The highest BCUT2D eigenvalue weighted by Crippen LogP contribution is 2.51. The average molecular weight is 955 g/mol. The quantitative estimate of drug-likeness (QED) is 0.118. The molecule has 0 radical (unpaired) electrons. The first-order chi connectivity index (χ1) is 37.1. The van der Waals surface area contributed by atoms with Crippen LogP contribution in [0.2, 0.25) is 0 Å². The largest absolute Gasteiger partial charge is 0.456 e. The van der Waals surface area contributed by atoms with Crippen molar-refractivity contribution in [1.29, 1.82) is 0 Å². The molecule has 13 aromatic carbocycles. The number of aryl methyl sites for hydroxylation is 1. The van der Waals surface area contributed by atoms with Crippen molar-refractivity contribution in [3.05, 3.63) is 260 Å². The highest BCUT2D eigenvalue weighted by atomic mass is 16.3. The lowest BCUT2D eigenvalue weighted by atomic mass is 9.83. The maximum absolute atomic E-state index is 7.23. The third-order valence-corrected chi connectivity index (χ3v) is 15.8. The van der Waals surface area contributed by atoms with Crippen molar-refractivity contribution in [2.75, 3.05) is 0 Å². The van der Waals surface area contributed by atoms with Crippen molar-refractivity contribution < 1.29 is 8.83 Å². The van der Waals surface area contributed by atoms with Crippen LogP contribution in [0, 0.1) is 6.92 Å². The van der Waals surface area contributed by atoms with E-state index < -0.39 is 0 Å². The van der Waals surface area contributed by atoms with Crippen LogP contribution in [-0.4, -0.2) is 0 Å². The van der Waals surface area contributed by atoms with Crippen LogP contribution < -0.4 is 0 Å². The van der Waals surface area contributed by atoms with Gasteiger partial charge in [-0.25, -0.2) is 0 Å². The highest BCUT2D eigenvalue weighted by Gasteiger charge is 2.25. The SMILES string of the molecule is C=C/C=C\c1cc2c(cc1C)oc1ccc(-c3c4ccccc4c(-c4cccc5oc6c(-c7c8ccccc8c(-c8ccc(-c9ccccc9)c9ccccc89)c8ccccc78)cccc6c45)c4ccccc34)cc12. The van der Waals surface area contributed by atoms with E-state index in [4.69, 9.17) is 8.83 Å². The van der Waals surface area contributed by atoms with E-state index in [1.165, 1.54) is 92.8 Å². The molecule has 0 N–H and O–H groups in total. The van der Waals surface area contributed by atoms with Crippen molar-refractivity contribution >= 4 is 104 Å². The lowest BCUT2D eigenvalue weighted by Crippen LogP contribution is -1.92. The predicted octanol–water partition coefficient (Wildman–Crippen LogP) is 21.1. The molecule has 0 spiro atoms. The van der Waals surface area contributed by atoms with Gasteiger partial charge in [0, 0.05) is 32.7 Å². The Hall–Kier alpha value is -9.76. The number of para-hydroxylation sites is 1. The fourth-order valence-electron chi connectivity index (χ4n) is 12.5. The van der Waals surface area contributed by atoms with Crippen LogP contribution in [-0.2, 0) is 0 Å². The van der Waals surface area contributed by atoms with Crippen LogP contribution in [0.3, 0.4) is 0 Å². The van der Waals surface area contributed by atoms with Gasteiger partial charge in [0.05, 0.1) is 0 Å². The standard InChI is InChI=1S/C73H46O2/c1-3-4-20-46-42-64-63-43-47(37-40-65(63)74-67(64)41-44(46)2)68-51-25-10-12-27-53(51)70(54-28-13-11-26-52(54)68)60-33-19-36-66-72(60)62-35-18-34-61(73(62)75-66)71-57-31-16-14-29-55(57)69(56-30-15-17-32-58(56)71)59-39-38-48(45-21-6-5-7-22-45)49-23-8-9-24-50(49)59/h3-43H,1H2,2H3/b20-4-. The minimum atomic E-state index is 0.859. The Morgan fingerprint density at radius 3 is 1.44 bits per heavy atom. The second-order valence-electron chi connectivity index (χ2n) is 19.8. The molecular formula is C73H46O2. The maximum atomic E-state index is 7.23. The Balaban J connectivity index is 0.950. The molecule has 0 aliphatic heterocycles. The first-order valence-corrected chi connectivity index (χ1v) is 25.8. The molecule has 0 aliphatic carbocycles. The van der Waals surface area contributed by atoms with E-state index in [2.05, 4.69) is 250 Å². The molecule has 2 heteroatoms. The summed E-state index contributed by atoms with van der Waals surface area (Å²) < 4.78 is 13.7. The number of allylic oxidation sites excluding steroid dienone is 2. The summed E-state index contributed by atoms with van der Waals surface area (Å²) in [5, 5.41) is 16.4. The monoisotopic (exact) mass is 954 g/mol. The van der Waals surface area contributed by atoms with Crippen LogP contribution in [0.15, 0.2) is 258 Å². The number of fused-ring (bicyclic) bond motifs is 11. The zero-order valence-electron chi connectivity index (χ0n) is 41.2. The molecule has 2 nitrogen and oxygen atoms in total. The summed E-state index contributed by atoms with van der Waals surface area (Å²) in [6.07, 6.45) is 5.92. The van der Waals surface area contributed by atoms with Gasteiger partial charge in [-0.1, -0.05) is 225 Å². The van der Waals surface area contributed by atoms with Crippen molar-refractivity contribution in [1.82, 2.24) is 0 Å². The summed E-state index contributed by atoms with van der Waals surface area (Å²) in [6.45, 7) is 6.03. The number of benzene rings is 13. The number of hydrogen-bond acceptors (Lipinski definition) is 2. The van der Waals surface area contributed by atoms with Gasteiger partial charge >= 0.3 is 0 Å². The topological polar surface area (TPSA) is 26.3 Å². The lowest BCUT2D eigenvalue weighted by molar-refractivity contribution is 0.668. The van der Waals surface area contributed by atoms with Crippen LogP contribution in [0.5, 0.6) is 0 Å². The fourth-order valence-corrected chi connectivity index (χ4v) is 12.5. The molecular weight excluding hydrogens is 909 g/mol. The summed E-state index contributed by atoms with van der Waals surface area (Å²) in [5.41, 5.74) is 17.6. The second kappa shape index (κ2) is 16.9. The number of furan rings is 2. The van der Waals surface area contributed by atoms with Crippen LogP contribution >= 0.6 is 0 Å². The van der Waals surface area contributed by atoms with E-state index >= 15 is 0 Å². The molecule has 0 atom stereocenters. The normalized spacial score (nSPS) is 12.1. The minimum absolute atomic E-state index is 0.859. The maximum Gasteiger partial charge on any atom is 0.143 e. The summed E-state index contributed by atoms with van der Waals surface area (Å²) in [7, 11) is 0. The molecule has 0 fully saturated rings. The molecule has 15 aromatic rings. The molecule has 0 aliphatic rings. The highest BCUT2D eigenvalue weighted by molar-refractivity contribution is 6.29. The Bertz CT molecular complexity index is 4790. The molecule has 15 rings (SSSR count). The van der Waals surface area contributed by atoms with Gasteiger partial charge in [-0.2, -0.15) is 0 Å². The van der Waals surface area contributed by atoms with E-state index in [0.717, 1.165) is 71.7 Å². The zero-order valence-corrected chi connectivity index (χ0v) is 41.2. The van der Waals surface area contributed by atoms with Crippen LogP contribution in [0.4, 0.5) is 0 Å². The summed E-state index contributed by atoms with van der Waals surface area (Å²) >= 11 is 0. The first kappa shape index (κ1) is 42.9. The Morgan fingerprint density at radius 1 is 0.320 bits per heavy atom. The first-order valence-electron chi connectivity index (χ1n) is 25.8. The van der Waals surface area contributed by atoms with Crippen LogP contribution in [0.25, 0.3) is 159 Å². The Morgan fingerprint density at radius 2 is 0.813 bits per heavy atom. The third kappa shape index (κ3) is 6.53. The van der Waals surface area contributed by atoms with Gasteiger partial charge < -0.3 is 8.83 Å².